The third kappa shape index (κ3) is 1.95. The quantitative estimate of drug-likeness (QED) is 0.918. The fraction of sp³-hybridized carbons (Fsp3) is 0.385. The normalized spacial score (nSPS) is 16.1. The van der Waals surface area contributed by atoms with Crippen LogP contribution in [0, 0.1) is 18.2 Å². The first-order chi connectivity index (χ1) is 9.53. The van der Waals surface area contributed by atoms with Gasteiger partial charge in [0.25, 0.3) is 0 Å². The first kappa shape index (κ1) is 12.7. The second-order valence-electron chi connectivity index (χ2n) is 5.18. The molecule has 1 aliphatic carbocycles. The first-order valence-corrected chi connectivity index (χ1v) is 6.28. The number of benzene rings is 1. The molecule has 1 heterocycles. The molecule has 3 rings (SSSR count). The van der Waals surface area contributed by atoms with E-state index in [2.05, 4.69) is 15.5 Å². The van der Waals surface area contributed by atoms with Gasteiger partial charge in [-0.1, -0.05) is 12.1 Å². The summed E-state index contributed by atoms with van der Waals surface area (Å²) in [5.41, 5.74) is -0.0163. The predicted octanol–water partition coefficient (Wildman–Crippen LogP) is 1.65. The van der Waals surface area contributed by atoms with E-state index < -0.39 is 11.4 Å². The van der Waals surface area contributed by atoms with Crippen LogP contribution in [-0.2, 0) is 11.3 Å². The zero-order valence-corrected chi connectivity index (χ0v) is 10.9. The molecule has 0 saturated heterocycles. The van der Waals surface area contributed by atoms with Gasteiger partial charge in [0.05, 0.1) is 17.5 Å². The molecular formula is C13H13FN4O2. The van der Waals surface area contributed by atoms with E-state index >= 15 is 0 Å². The van der Waals surface area contributed by atoms with E-state index in [0.29, 0.717) is 18.4 Å². The molecule has 104 valence electrons. The number of hydrogen-bond donors (Lipinski definition) is 1. The van der Waals surface area contributed by atoms with E-state index in [1.807, 2.05) is 0 Å². The number of tetrazole rings is 1. The van der Waals surface area contributed by atoms with Gasteiger partial charge in [-0.25, -0.2) is 9.07 Å². The molecule has 0 bridgehead atoms. The van der Waals surface area contributed by atoms with Crippen molar-refractivity contribution in [3.8, 4) is 11.4 Å². The minimum absolute atomic E-state index is 0.165. The molecule has 0 spiro atoms. The van der Waals surface area contributed by atoms with E-state index in [4.69, 9.17) is 0 Å². The molecule has 0 atom stereocenters. The van der Waals surface area contributed by atoms with Crippen LogP contribution in [-0.4, -0.2) is 31.3 Å². The Morgan fingerprint density at radius 1 is 1.50 bits per heavy atom. The molecule has 1 aromatic heterocycles. The van der Waals surface area contributed by atoms with Crippen LogP contribution in [0.4, 0.5) is 4.39 Å². The zero-order valence-electron chi connectivity index (χ0n) is 10.9. The van der Waals surface area contributed by atoms with Crippen LogP contribution < -0.4 is 0 Å². The van der Waals surface area contributed by atoms with Gasteiger partial charge >= 0.3 is 5.97 Å². The molecule has 1 aromatic carbocycles. The van der Waals surface area contributed by atoms with Gasteiger partial charge in [-0.3, -0.25) is 4.79 Å². The van der Waals surface area contributed by atoms with Crippen LogP contribution in [0.2, 0.25) is 0 Å². The third-order valence-corrected chi connectivity index (χ3v) is 3.72. The highest BCUT2D eigenvalue weighted by molar-refractivity contribution is 5.77. The first-order valence-electron chi connectivity index (χ1n) is 6.28. The smallest absolute Gasteiger partial charge is 0.311 e. The van der Waals surface area contributed by atoms with Gasteiger partial charge < -0.3 is 5.11 Å². The number of carbonyl (C=O) groups is 1. The Morgan fingerprint density at radius 3 is 2.90 bits per heavy atom. The molecule has 20 heavy (non-hydrogen) atoms. The molecular weight excluding hydrogens is 263 g/mol. The van der Waals surface area contributed by atoms with Crippen molar-refractivity contribution in [2.75, 3.05) is 0 Å². The summed E-state index contributed by atoms with van der Waals surface area (Å²) in [5.74, 6) is -0.980. The van der Waals surface area contributed by atoms with Crippen molar-refractivity contribution >= 4 is 5.97 Å². The standard InChI is InChI=1S/C13H13FN4O2/c1-8-3-2-4-9(10(8)14)11-15-16-17-18(11)7-13(5-6-13)12(19)20/h2-4H,5-7H2,1H3,(H,19,20). The predicted molar refractivity (Wildman–Crippen MR) is 67.3 cm³/mol. The van der Waals surface area contributed by atoms with Crippen molar-refractivity contribution in [1.29, 1.82) is 0 Å². The third-order valence-electron chi connectivity index (χ3n) is 3.72. The van der Waals surface area contributed by atoms with Crippen LogP contribution >= 0.6 is 0 Å². The van der Waals surface area contributed by atoms with E-state index in [0.717, 1.165) is 0 Å². The maximum Gasteiger partial charge on any atom is 0.311 e. The lowest BCUT2D eigenvalue weighted by molar-refractivity contribution is -0.144. The summed E-state index contributed by atoms with van der Waals surface area (Å²) in [6.07, 6.45) is 1.19. The SMILES string of the molecule is Cc1cccc(-c2nnnn2CC2(C(=O)O)CC2)c1F. The molecule has 0 unspecified atom stereocenters. The van der Waals surface area contributed by atoms with Gasteiger partial charge in [0, 0.05) is 0 Å². The maximum atomic E-state index is 14.1. The number of carboxylic acid groups (broad SMARTS) is 1. The number of rotatable bonds is 4. The van der Waals surface area contributed by atoms with Gasteiger partial charge in [0.15, 0.2) is 5.82 Å². The minimum atomic E-state index is -0.858. The number of carboxylic acids is 1. The lowest BCUT2D eigenvalue weighted by Gasteiger charge is -2.11. The fourth-order valence-electron chi connectivity index (χ4n) is 2.20. The number of aliphatic carboxylic acids is 1. The molecule has 1 N–H and O–H groups in total. The molecule has 1 aliphatic rings. The van der Waals surface area contributed by atoms with Crippen molar-refractivity contribution in [2.24, 2.45) is 5.41 Å². The largest absolute Gasteiger partial charge is 0.481 e. The van der Waals surface area contributed by atoms with Crippen molar-refractivity contribution in [1.82, 2.24) is 20.2 Å². The summed E-state index contributed by atoms with van der Waals surface area (Å²) >= 11 is 0. The molecule has 0 radical (unpaired) electrons. The van der Waals surface area contributed by atoms with Gasteiger partial charge in [-0.2, -0.15) is 0 Å². The number of hydrogen-bond acceptors (Lipinski definition) is 4. The second-order valence-corrected chi connectivity index (χ2v) is 5.18. The molecule has 6 nitrogen and oxygen atoms in total. The Balaban J connectivity index is 1.99. The van der Waals surface area contributed by atoms with Crippen LogP contribution in [0.25, 0.3) is 11.4 Å². The Labute approximate surface area is 114 Å². The van der Waals surface area contributed by atoms with Crippen LogP contribution in [0.3, 0.4) is 0 Å². The molecule has 0 amide bonds. The Kier molecular flexibility index (Phi) is 2.77. The Morgan fingerprint density at radius 2 is 2.25 bits per heavy atom. The number of nitrogens with zero attached hydrogens (tertiary/aromatic N) is 4. The number of aryl methyl sites for hydroxylation is 1. The van der Waals surface area contributed by atoms with Gasteiger partial charge in [0.1, 0.15) is 5.82 Å². The molecule has 2 aromatic rings. The summed E-state index contributed by atoms with van der Waals surface area (Å²) in [7, 11) is 0. The average Bonchev–Trinajstić information content (AvgIpc) is 3.06. The van der Waals surface area contributed by atoms with Crippen LogP contribution in [0.1, 0.15) is 18.4 Å². The minimum Gasteiger partial charge on any atom is -0.481 e. The summed E-state index contributed by atoms with van der Waals surface area (Å²) in [4.78, 5) is 11.2. The van der Waals surface area contributed by atoms with E-state index in [1.54, 1.807) is 25.1 Å². The van der Waals surface area contributed by atoms with Crippen molar-refractivity contribution in [2.45, 2.75) is 26.3 Å². The van der Waals surface area contributed by atoms with Crippen LogP contribution in [0.15, 0.2) is 18.2 Å². The highest BCUT2D eigenvalue weighted by Crippen LogP contribution is 2.47. The Hall–Kier alpha value is -2.31. The second kappa shape index (κ2) is 4.36. The average molecular weight is 276 g/mol. The number of aromatic nitrogens is 4. The molecule has 7 heteroatoms. The molecule has 0 aliphatic heterocycles. The highest BCUT2D eigenvalue weighted by atomic mass is 19.1. The van der Waals surface area contributed by atoms with Gasteiger partial charge in [-0.15, -0.1) is 5.10 Å². The van der Waals surface area contributed by atoms with E-state index in [1.165, 1.54) is 4.68 Å². The van der Waals surface area contributed by atoms with Crippen molar-refractivity contribution in [3.05, 3.63) is 29.6 Å². The van der Waals surface area contributed by atoms with Crippen molar-refractivity contribution < 1.29 is 14.3 Å². The topological polar surface area (TPSA) is 80.9 Å². The fourth-order valence-corrected chi connectivity index (χ4v) is 2.20. The summed E-state index contributed by atoms with van der Waals surface area (Å²) < 4.78 is 15.5. The molecule has 1 saturated carbocycles. The van der Waals surface area contributed by atoms with Crippen LogP contribution in [0.5, 0.6) is 0 Å². The molecule has 1 fully saturated rings. The highest BCUT2D eigenvalue weighted by Gasteiger charge is 2.51. The lowest BCUT2D eigenvalue weighted by Crippen LogP contribution is -2.22. The van der Waals surface area contributed by atoms with Crippen molar-refractivity contribution in [3.63, 3.8) is 0 Å². The monoisotopic (exact) mass is 276 g/mol. The van der Waals surface area contributed by atoms with Gasteiger partial charge in [-0.05, 0) is 41.8 Å². The maximum absolute atomic E-state index is 14.1. The van der Waals surface area contributed by atoms with E-state index in [-0.39, 0.29) is 23.7 Å². The summed E-state index contributed by atoms with van der Waals surface area (Å²) in [5, 5.41) is 20.4. The number of halogens is 1. The Bertz CT molecular complexity index is 679. The van der Waals surface area contributed by atoms with Gasteiger partial charge in [0.2, 0.25) is 0 Å². The summed E-state index contributed by atoms with van der Waals surface area (Å²) in [6, 6.07) is 4.97. The van der Waals surface area contributed by atoms with E-state index in [9.17, 15) is 14.3 Å². The lowest BCUT2D eigenvalue weighted by atomic mass is 10.1. The summed E-state index contributed by atoms with van der Waals surface area (Å²) in [6.45, 7) is 1.82. The zero-order chi connectivity index (χ0) is 14.3.